The summed E-state index contributed by atoms with van der Waals surface area (Å²) in [5.41, 5.74) is 0.150. The molecule has 2 heterocycles. The highest BCUT2D eigenvalue weighted by molar-refractivity contribution is 6.29. The molecule has 0 spiro atoms. The quantitative estimate of drug-likeness (QED) is 0.602. The van der Waals surface area contributed by atoms with Crippen LogP contribution in [0.15, 0.2) is 18.5 Å². The molecule has 0 N–H and O–H groups in total. The van der Waals surface area contributed by atoms with E-state index in [2.05, 4.69) is 10.1 Å². The minimum Gasteiger partial charge on any atom is -0.234 e. The third-order valence-corrected chi connectivity index (χ3v) is 1.54. The van der Waals surface area contributed by atoms with Crippen molar-refractivity contribution in [3.05, 3.63) is 29.4 Å². The molecular formula is C6H3ClFN3. The SMILES string of the molecule is Fc1c(Cl)nn2cccnc12. The van der Waals surface area contributed by atoms with Crippen LogP contribution in [0.5, 0.6) is 0 Å². The number of aromatic nitrogens is 3. The molecule has 2 aromatic rings. The maximum Gasteiger partial charge on any atom is 0.206 e. The van der Waals surface area contributed by atoms with Crippen molar-refractivity contribution in [1.29, 1.82) is 0 Å². The number of nitrogens with zero attached hydrogens (tertiary/aromatic N) is 3. The fourth-order valence-electron chi connectivity index (χ4n) is 0.832. The third kappa shape index (κ3) is 0.867. The summed E-state index contributed by atoms with van der Waals surface area (Å²) in [5, 5.41) is 3.51. The summed E-state index contributed by atoms with van der Waals surface area (Å²) in [4.78, 5) is 3.74. The van der Waals surface area contributed by atoms with Gasteiger partial charge in [0.05, 0.1) is 0 Å². The van der Waals surface area contributed by atoms with Crippen LogP contribution in [0, 0.1) is 5.82 Å². The van der Waals surface area contributed by atoms with E-state index in [4.69, 9.17) is 11.6 Å². The molecule has 5 heteroatoms. The molecule has 0 fully saturated rings. The van der Waals surface area contributed by atoms with Crippen LogP contribution >= 0.6 is 11.6 Å². The fraction of sp³-hybridized carbons (Fsp3) is 0. The van der Waals surface area contributed by atoms with E-state index >= 15 is 0 Å². The zero-order valence-corrected chi connectivity index (χ0v) is 6.09. The van der Waals surface area contributed by atoms with Crippen LogP contribution in [0.2, 0.25) is 5.15 Å². The standard InChI is InChI=1S/C6H3ClFN3/c7-5-4(8)6-9-2-1-3-11(6)10-5/h1-3H. The lowest BCUT2D eigenvalue weighted by atomic mass is 10.6. The Morgan fingerprint density at radius 3 is 3.09 bits per heavy atom. The minimum atomic E-state index is -0.577. The van der Waals surface area contributed by atoms with E-state index < -0.39 is 5.82 Å². The van der Waals surface area contributed by atoms with Crippen LogP contribution in [0.3, 0.4) is 0 Å². The van der Waals surface area contributed by atoms with Crippen molar-refractivity contribution in [2.75, 3.05) is 0 Å². The van der Waals surface area contributed by atoms with Gasteiger partial charge in [-0.25, -0.2) is 9.50 Å². The lowest BCUT2D eigenvalue weighted by Gasteiger charge is -1.86. The van der Waals surface area contributed by atoms with Crippen LogP contribution in [0.4, 0.5) is 4.39 Å². The van der Waals surface area contributed by atoms with Crippen molar-refractivity contribution in [2.24, 2.45) is 0 Å². The van der Waals surface area contributed by atoms with E-state index in [0.717, 1.165) is 0 Å². The first-order valence-corrected chi connectivity index (χ1v) is 3.31. The third-order valence-electron chi connectivity index (χ3n) is 1.30. The summed E-state index contributed by atoms with van der Waals surface area (Å²) in [6, 6.07) is 1.65. The van der Waals surface area contributed by atoms with Gasteiger partial charge in [0.15, 0.2) is 10.8 Å². The summed E-state index contributed by atoms with van der Waals surface area (Å²) < 4.78 is 14.2. The maximum absolute atomic E-state index is 12.9. The van der Waals surface area contributed by atoms with Crippen molar-refractivity contribution in [2.45, 2.75) is 0 Å². The molecule has 0 atom stereocenters. The Hall–Kier alpha value is -1.16. The van der Waals surface area contributed by atoms with Crippen molar-refractivity contribution >= 4 is 17.2 Å². The Bertz CT molecular complexity index is 398. The molecular weight excluding hydrogens is 169 g/mol. The number of rotatable bonds is 0. The Morgan fingerprint density at radius 2 is 2.36 bits per heavy atom. The molecule has 11 heavy (non-hydrogen) atoms. The second kappa shape index (κ2) is 2.17. The molecule has 2 aromatic heterocycles. The van der Waals surface area contributed by atoms with Crippen molar-refractivity contribution in [3.63, 3.8) is 0 Å². The predicted molar refractivity (Wildman–Crippen MR) is 38.0 cm³/mol. The molecule has 0 saturated carbocycles. The Morgan fingerprint density at radius 1 is 1.55 bits per heavy atom. The summed E-state index contributed by atoms with van der Waals surface area (Å²) in [7, 11) is 0. The lowest BCUT2D eigenvalue weighted by Crippen LogP contribution is -1.87. The van der Waals surface area contributed by atoms with Crippen LogP contribution in [-0.2, 0) is 0 Å². The number of hydrogen-bond donors (Lipinski definition) is 0. The highest BCUT2D eigenvalue weighted by Gasteiger charge is 2.09. The molecule has 2 rings (SSSR count). The van der Waals surface area contributed by atoms with Crippen LogP contribution in [-0.4, -0.2) is 14.6 Å². The molecule has 0 aromatic carbocycles. The maximum atomic E-state index is 12.9. The highest BCUT2D eigenvalue weighted by Crippen LogP contribution is 2.14. The van der Waals surface area contributed by atoms with Gasteiger partial charge in [0.25, 0.3) is 0 Å². The van der Waals surface area contributed by atoms with E-state index in [9.17, 15) is 4.39 Å². The van der Waals surface area contributed by atoms with Gasteiger partial charge in [0.2, 0.25) is 5.82 Å². The van der Waals surface area contributed by atoms with E-state index in [1.165, 1.54) is 10.7 Å². The first kappa shape index (κ1) is 6.54. The molecule has 0 radical (unpaired) electrons. The smallest absolute Gasteiger partial charge is 0.206 e. The second-order valence-electron chi connectivity index (χ2n) is 1.99. The lowest BCUT2D eigenvalue weighted by molar-refractivity contribution is 0.636. The van der Waals surface area contributed by atoms with Gasteiger partial charge < -0.3 is 0 Å². The number of hydrogen-bond acceptors (Lipinski definition) is 2. The molecule has 0 aliphatic rings. The van der Waals surface area contributed by atoms with Crippen LogP contribution in [0.25, 0.3) is 5.65 Å². The molecule has 0 saturated heterocycles. The summed E-state index contributed by atoms with van der Waals surface area (Å²) >= 11 is 5.41. The van der Waals surface area contributed by atoms with Gasteiger partial charge in [-0.05, 0) is 6.07 Å². The fourth-order valence-corrected chi connectivity index (χ4v) is 0.998. The number of fused-ring (bicyclic) bond motifs is 1. The topological polar surface area (TPSA) is 30.2 Å². The van der Waals surface area contributed by atoms with Crippen LogP contribution < -0.4 is 0 Å². The first-order chi connectivity index (χ1) is 5.29. The van der Waals surface area contributed by atoms with E-state index in [1.807, 2.05) is 0 Å². The van der Waals surface area contributed by atoms with Gasteiger partial charge in [-0.2, -0.15) is 9.49 Å². The summed E-state index contributed by atoms with van der Waals surface area (Å²) in [6.07, 6.45) is 3.06. The molecule has 56 valence electrons. The Balaban J connectivity index is 2.92. The molecule has 0 amide bonds. The average Bonchev–Trinajstić information content (AvgIpc) is 2.30. The minimum absolute atomic E-state index is 0.149. The van der Waals surface area contributed by atoms with Crippen molar-refractivity contribution < 1.29 is 4.39 Å². The zero-order chi connectivity index (χ0) is 7.84. The van der Waals surface area contributed by atoms with Gasteiger partial charge in [-0.1, -0.05) is 11.6 Å². The molecule has 0 bridgehead atoms. The van der Waals surface area contributed by atoms with Gasteiger partial charge in [0, 0.05) is 12.4 Å². The Kier molecular flexibility index (Phi) is 1.29. The first-order valence-electron chi connectivity index (χ1n) is 2.93. The van der Waals surface area contributed by atoms with Gasteiger partial charge >= 0.3 is 0 Å². The van der Waals surface area contributed by atoms with Gasteiger partial charge in [0.1, 0.15) is 0 Å². The monoisotopic (exact) mass is 171 g/mol. The van der Waals surface area contributed by atoms with Gasteiger partial charge in [-0.15, -0.1) is 0 Å². The molecule has 3 nitrogen and oxygen atoms in total. The summed E-state index contributed by atoms with van der Waals surface area (Å²) in [6.45, 7) is 0. The normalized spacial score (nSPS) is 10.7. The van der Waals surface area contributed by atoms with E-state index in [0.29, 0.717) is 0 Å². The zero-order valence-electron chi connectivity index (χ0n) is 5.33. The highest BCUT2D eigenvalue weighted by atomic mass is 35.5. The molecule has 0 aliphatic carbocycles. The van der Waals surface area contributed by atoms with Crippen LogP contribution in [0.1, 0.15) is 0 Å². The van der Waals surface area contributed by atoms with Crippen molar-refractivity contribution in [3.8, 4) is 0 Å². The number of halogens is 2. The molecule has 0 unspecified atom stereocenters. The summed E-state index contributed by atoms with van der Waals surface area (Å²) in [5.74, 6) is -0.577. The van der Waals surface area contributed by atoms with Gasteiger partial charge in [-0.3, -0.25) is 0 Å². The predicted octanol–water partition coefficient (Wildman–Crippen LogP) is 1.52. The van der Waals surface area contributed by atoms with E-state index in [1.54, 1.807) is 12.3 Å². The van der Waals surface area contributed by atoms with Crippen molar-refractivity contribution in [1.82, 2.24) is 14.6 Å². The largest absolute Gasteiger partial charge is 0.234 e. The second-order valence-corrected chi connectivity index (χ2v) is 2.35. The van der Waals surface area contributed by atoms with E-state index in [-0.39, 0.29) is 10.8 Å². The Labute approximate surface area is 66.4 Å². The average molecular weight is 172 g/mol. The molecule has 0 aliphatic heterocycles.